The summed E-state index contributed by atoms with van der Waals surface area (Å²) in [6, 6.07) is 18.7. The van der Waals surface area contributed by atoms with E-state index in [0.717, 1.165) is 42.5 Å². The molecule has 0 saturated carbocycles. The zero-order valence-electron chi connectivity index (χ0n) is 20.5. The average molecular weight is 544 g/mol. The smallest absolute Gasteiger partial charge is 0.261 e. The van der Waals surface area contributed by atoms with Gasteiger partial charge in [-0.15, -0.1) is 12.4 Å². The molecule has 3 aromatic rings. The van der Waals surface area contributed by atoms with Gasteiger partial charge in [-0.1, -0.05) is 48.0 Å². The van der Waals surface area contributed by atoms with Crippen molar-refractivity contribution in [1.82, 2.24) is 14.7 Å². The first-order valence-corrected chi connectivity index (χ1v) is 12.7. The lowest BCUT2D eigenvalue weighted by atomic mass is 9.94. The highest BCUT2D eigenvalue weighted by Crippen LogP contribution is 2.29. The third-order valence-corrected chi connectivity index (χ3v) is 7.17. The van der Waals surface area contributed by atoms with Crippen LogP contribution in [-0.4, -0.2) is 90.1 Å². The number of aliphatic hydroxyl groups is 1. The van der Waals surface area contributed by atoms with Gasteiger partial charge in [-0.25, -0.2) is 0 Å². The van der Waals surface area contributed by atoms with Gasteiger partial charge in [-0.05, 0) is 35.2 Å². The summed E-state index contributed by atoms with van der Waals surface area (Å²) in [7, 11) is 0. The summed E-state index contributed by atoms with van der Waals surface area (Å²) in [6.07, 6.45) is -0.560. The van der Waals surface area contributed by atoms with Crippen molar-refractivity contribution in [3.8, 4) is 0 Å². The number of carbonyl (C=O) groups excluding carboxylic acids is 2. The van der Waals surface area contributed by atoms with E-state index in [-0.39, 0.29) is 30.8 Å². The fraction of sp³-hybridized carbons (Fsp3) is 0.357. The number of benzene rings is 3. The van der Waals surface area contributed by atoms with Crippen LogP contribution in [0.2, 0.25) is 5.02 Å². The van der Waals surface area contributed by atoms with Crippen molar-refractivity contribution >= 4 is 46.6 Å². The first-order chi connectivity index (χ1) is 17.5. The molecule has 1 atom stereocenters. The first-order valence-electron chi connectivity index (χ1n) is 12.3. The Balaban J connectivity index is 0.00000320. The predicted molar refractivity (Wildman–Crippen MR) is 147 cm³/mol. The number of halogens is 2. The highest BCUT2D eigenvalue weighted by molar-refractivity contribution is 6.30. The topological polar surface area (TPSA) is 73.3 Å². The van der Waals surface area contributed by atoms with Crippen LogP contribution >= 0.6 is 24.0 Å². The Hall–Kier alpha value is -2.52. The number of hydrogen-bond donors (Lipinski definition) is 1. The van der Waals surface area contributed by atoms with Crippen molar-refractivity contribution in [3.05, 3.63) is 82.4 Å². The van der Waals surface area contributed by atoms with E-state index >= 15 is 0 Å². The van der Waals surface area contributed by atoms with Gasteiger partial charge in [0.05, 0.1) is 19.3 Å². The second kappa shape index (κ2) is 12.3. The molecule has 0 aromatic heterocycles. The van der Waals surface area contributed by atoms with Gasteiger partial charge in [0.1, 0.15) is 0 Å². The summed E-state index contributed by atoms with van der Waals surface area (Å²) in [6.45, 7) is 5.54. The van der Waals surface area contributed by atoms with Crippen LogP contribution in [0.25, 0.3) is 10.8 Å². The largest absolute Gasteiger partial charge is 0.389 e. The minimum atomic E-state index is -0.560. The van der Waals surface area contributed by atoms with Crippen molar-refractivity contribution in [2.24, 2.45) is 0 Å². The average Bonchev–Trinajstić information content (AvgIpc) is 2.89. The summed E-state index contributed by atoms with van der Waals surface area (Å²) in [5.41, 5.74) is 2.21. The van der Waals surface area contributed by atoms with E-state index in [9.17, 15) is 14.7 Å². The molecule has 7 nitrogen and oxygen atoms in total. The molecule has 196 valence electrons. The Morgan fingerprint density at radius 2 is 1.43 bits per heavy atom. The van der Waals surface area contributed by atoms with Gasteiger partial charge < -0.3 is 9.84 Å². The standard InChI is InChI=1S/C28H30ClN3O4.ClH/c29-22-9-7-20(8-10-22)18-36-19-23(33)17-31-13-11-30(12-14-31)15-16-32-27(34)24-5-1-3-21-4-2-6-25(26(21)24)28(32)35;/h1-10,23,33H,11-19H2;1H. The van der Waals surface area contributed by atoms with Gasteiger partial charge in [0.25, 0.3) is 11.8 Å². The molecule has 1 unspecified atom stereocenters. The van der Waals surface area contributed by atoms with Gasteiger partial charge in [0.2, 0.25) is 0 Å². The van der Waals surface area contributed by atoms with Crippen molar-refractivity contribution in [1.29, 1.82) is 0 Å². The number of β-amino-alcohol motifs (C(OH)–C–C–N with tert-alkyl or cyclic N) is 1. The maximum Gasteiger partial charge on any atom is 0.261 e. The highest BCUT2D eigenvalue weighted by atomic mass is 35.5. The third kappa shape index (κ3) is 6.32. The van der Waals surface area contributed by atoms with Crippen LogP contribution in [0.15, 0.2) is 60.7 Å². The summed E-state index contributed by atoms with van der Waals surface area (Å²) in [5.74, 6) is -0.436. The summed E-state index contributed by atoms with van der Waals surface area (Å²) < 4.78 is 5.66. The van der Waals surface area contributed by atoms with Crippen LogP contribution in [0.3, 0.4) is 0 Å². The molecule has 5 rings (SSSR count). The Morgan fingerprint density at radius 1 is 0.838 bits per heavy atom. The van der Waals surface area contributed by atoms with Crippen molar-refractivity contribution in [2.75, 3.05) is 52.4 Å². The Labute approximate surface area is 228 Å². The third-order valence-electron chi connectivity index (χ3n) is 6.92. The highest BCUT2D eigenvalue weighted by Gasteiger charge is 2.33. The van der Waals surface area contributed by atoms with E-state index in [4.69, 9.17) is 16.3 Å². The molecule has 1 saturated heterocycles. The number of ether oxygens (including phenoxy) is 1. The van der Waals surface area contributed by atoms with E-state index in [0.29, 0.717) is 42.4 Å². The van der Waals surface area contributed by atoms with Crippen LogP contribution in [0, 0.1) is 0 Å². The molecule has 1 fully saturated rings. The number of amides is 2. The van der Waals surface area contributed by atoms with Crippen LogP contribution in [-0.2, 0) is 11.3 Å². The van der Waals surface area contributed by atoms with E-state index in [1.54, 1.807) is 12.1 Å². The molecule has 2 aliphatic rings. The van der Waals surface area contributed by atoms with E-state index < -0.39 is 6.10 Å². The maximum atomic E-state index is 13.1. The maximum absolute atomic E-state index is 13.1. The molecule has 0 aliphatic carbocycles. The fourth-order valence-electron chi connectivity index (χ4n) is 4.96. The molecule has 2 heterocycles. The second-order valence-electron chi connectivity index (χ2n) is 9.41. The molecule has 9 heteroatoms. The molecule has 2 aliphatic heterocycles. The number of piperazine rings is 1. The summed E-state index contributed by atoms with van der Waals surface area (Å²) in [4.78, 5) is 32.0. The quantitative estimate of drug-likeness (QED) is 0.415. The van der Waals surface area contributed by atoms with Crippen LogP contribution in [0.5, 0.6) is 0 Å². The van der Waals surface area contributed by atoms with Crippen molar-refractivity contribution in [3.63, 3.8) is 0 Å². The van der Waals surface area contributed by atoms with E-state index in [2.05, 4.69) is 9.80 Å². The minimum absolute atomic E-state index is 0. The number of rotatable bonds is 9. The lowest BCUT2D eigenvalue weighted by Gasteiger charge is -2.36. The Kier molecular flexibility index (Phi) is 9.18. The molecule has 0 spiro atoms. The lowest BCUT2D eigenvalue weighted by molar-refractivity contribution is 0.000964. The normalized spacial score (nSPS) is 17.2. The number of imide groups is 1. The van der Waals surface area contributed by atoms with Gasteiger partial charge in [0.15, 0.2) is 0 Å². The predicted octanol–water partition coefficient (Wildman–Crippen LogP) is 3.71. The molecule has 0 radical (unpaired) electrons. The van der Waals surface area contributed by atoms with Crippen molar-refractivity contribution < 1.29 is 19.4 Å². The molecule has 37 heavy (non-hydrogen) atoms. The lowest BCUT2D eigenvalue weighted by Crippen LogP contribution is -2.51. The number of hydrogen-bond acceptors (Lipinski definition) is 6. The first kappa shape index (κ1) is 27.5. The molecule has 3 aromatic carbocycles. The Bertz CT molecular complexity index is 1200. The van der Waals surface area contributed by atoms with Crippen LogP contribution in [0.1, 0.15) is 26.3 Å². The molecule has 2 amide bonds. The number of aliphatic hydroxyl groups excluding tert-OH is 1. The number of nitrogens with zero attached hydrogens (tertiary/aromatic N) is 3. The fourth-order valence-corrected chi connectivity index (χ4v) is 5.09. The van der Waals surface area contributed by atoms with Gasteiger partial charge in [-0.2, -0.15) is 0 Å². The second-order valence-corrected chi connectivity index (χ2v) is 9.85. The molecular formula is C28H31Cl2N3O4. The van der Waals surface area contributed by atoms with Crippen LogP contribution in [0.4, 0.5) is 0 Å². The van der Waals surface area contributed by atoms with Gasteiger partial charge >= 0.3 is 0 Å². The molecular weight excluding hydrogens is 513 g/mol. The number of carbonyl (C=O) groups is 2. The molecule has 1 N–H and O–H groups in total. The van der Waals surface area contributed by atoms with Gasteiger partial charge in [0, 0.05) is 67.3 Å². The summed E-state index contributed by atoms with van der Waals surface area (Å²) >= 11 is 5.90. The van der Waals surface area contributed by atoms with E-state index in [1.807, 2.05) is 48.5 Å². The minimum Gasteiger partial charge on any atom is -0.389 e. The molecule has 0 bridgehead atoms. The van der Waals surface area contributed by atoms with E-state index in [1.165, 1.54) is 4.90 Å². The zero-order chi connectivity index (χ0) is 25.1. The monoisotopic (exact) mass is 543 g/mol. The van der Waals surface area contributed by atoms with Gasteiger partial charge in [-0.3, -0.25) is 24.3 Å². The Morgan fingerprint density at radius 3 is 2.05 bits per heavy atom. The van der Waals surface area contributed by atoms with Crippen molar-refractivity contribution in [2.45, 2.75) is 12.7 Å². The summed E-state index contributed by atoms with van der Waals surface area (Å²) in [5, 5.41) is 12.7. The SMILES string of the molecule is Cl.O=C1c2cccc3cccc(c23)C(=O)N1CCN1CCN(CC(O)COCc2ccc(Cl)cc2)CC1. The zero-order valence-corrected chi connectivity index (χ0v) is 22.1. The van der Waals surface area contributed by atoms with Crippen LogP contribution < -0.4 is 0 Å².